The molecule has 8 heteroatoms. The molecule has 8 rings (SSSR count). The fourth-order valence-electron chi connectivity index (χ4n) is 6.85. The lowest BCUT2D eigenvalue weighted by molar-refractivity contribution is 0.0954. The molecule has 1 amide bonds. The molecule has 3 aliphatic rings. The van der Waals surface area contributed by atoms with Crippen molar-refractivity contribution < 1.29 is 9.53 Å². The fourth-order valence-corrected chi connectivity index (χ4v) is 8.00. The van der Waals surface area contributed by atoms with Crippen LogP contribution in [0.3, 0.4) is 0 Å². The molecule has 2 aromatic heterocycles. The molecule has 3 aliphatic heterocycles. The molecule has 1 fully saturated rings. The van der Waals surface area contributed by atoms with E-state index in [0.29, 0.717) is 13.2 Å². The lowest BCUT2D eigenvalue weighted by Crippen LogP contribution is -2.53. The van der Waals surface area contributed by atoms with Crippen LogP contribution in [0.1, 0.15) is 32.8 Å². The van der Waals surface area contributed by atoms with Crippen molar-refractivity contribution in [3.05, 3.63) is 125 Å². The Morgan fingerprint density at radius 1 is 0.860 bits per heavy atom. The lowest BCUT2D eigenvalue weighted by Gasteiger charge is -2.40. The first-order valence-corrected chi connectivity index (χ1v) is 15.8. The van der Waals surface area contributed by atoms with Crippen LogP contribution in [-0.4, -0.2) is 66.0 Å². The van der Waals surface area contributed by atoms with Gasteiger partial charge < -0.3 is 19.9 Å². The van der Waals surface area contributed by atoms with Crippen molar-refractivity contribution in [2.24, 2.45) is 0 Å². The molecule has 0 aliphatic carbocycles. The minimum atomic E-state index is -0.708. The van der Waals surface area contributed by atoms with Crippen LogP contribution < -0.4 is 15.0 Å². The van der Waals surface area contributed by atoms with Crippen LogP contribution in [0.25, 0.3) is 10.4 Å². The van der Waals surface area contributed by atoms with Crippen molar-refractivity contribution in [1.82, 2.24) is 20.0 Å². The zero-order valence-corrected chi connectivity index (χ0v) is 24.7. The van der Waals surface area contributed by atoms with Crippen molar-refractivity contribution in [2.45, 2.75) is 18.0 Å². The number of hydrogen-bond acceptors (Lipinski definition) is 6. The van der Waals surface area contributed by atoms with E-state index in [4.69, 9.17) is 9.84 Å². The number of anilines is 1. The van der Waals surface area contributed by atoms with Gasteiger partial charge in [-0.15, -0.1) is 11.3 Å². The molecular weight excluding hydrogens is 554 g/mol. The van der Waals surface area contributed by atoms with Gasteiger partial charge in [0.05, 0.1) is 23.7 Å². The molecule has 216 valence electrons. The standard InChI is InChI=1S/C35H33N5O2S/c41-34-33-30-31(42-20-19-39(30)29(22-36-34)24-38-17-10-18-38)32(43-33)25-21-37-40(23-25)35(26-11-4-1-5-12-26,27-13-6-2-7-14-27)28-15-8-3-9-16-28/h1-9,11-16,21,23,29H,10,17-20,22,24H2,(H,36,41)/t29-/m1/s1. The van der Waals surface area contributed by atoms with Gasteiger partial charge in [-0.05, 0) is 36.2 Å². The molecule has 0 spiro atoms. The third-order valence-electron chi connectivity index (χ3n) is 9.03. The molecule has 0 saturated carbocycles. The van der Waals surface area contributed by atoms with Gasteiger partial charge in [0, 0.05) is 24.8 Å². The summed E-state index contributed by atoms with van der Waals surface area (Å²) in [6.07, 6.45) is 5.29. The van der Waals surface area contributed by atoms with E-state index in [0.717, 1.165) is 69.6 Å². The van der Waals surface area contributed by atoms with Gasteiger partial charge in [-0.3, -0.25) is 9.48 Å². The van der Waals surface area contributed by atoms with E-state index in [1.807, 2.05) is 24.4 Å². The Hall–Kier alpha value is -4.40. The SMILES string of the molecule is O=C1NC[C@H](CN2CCC2)N2CCOc3c(-c4cnn(C(c5ccccc5)(c5ccccc5)c5ccccc5)c4)sc1c32. The van der Waals surface area contributed by atoms with Crippen molar-refractivity contribution in [1.29, 1.82) is 0 Å². The quantitative estimate of drug-likeness (QED) is 0.256. The highest BCUT2D eigenvalue weighted by Gasteiger charge is 2.41. The number of carbonyl (C=O) groups excluding carboxylic acids is 1. The minimum absolute atomic E-state index is 0.0197. The van der Waals surface area contributed by atoms with Crippen molar-refractivity contribution in [3.63, 3.8) is 0 Å². The van der Waals surface area contributed by atoms with E-state index in [1.54, 1.807) is 0 Å². The van der Waals surface area contributed by atoms with Crippen LogP contribution in [0, 0.1) is 0 Å². The number of aromatic nitrogens is 2. The number of carbonyl (C=O) groups is 1. The zero-order valence-electron chi connectivity index (χ0n) is 23.9. The Morgan fingerprint density at radius 2 is 1.49 bits per heavy atom. The molecule has 1 saturated heterocycles. The lowest BCUT2D eigenvalue weighted by atomic mass is 9.77. The number of benzene rings is 3. The summed E-state index contributed by atoms with van der Waals surface area (Å²) in [5.74, 6) is 0.787. The highest BCUT2D eigenvalue weighted by molar-refractivity contribution is 7.18. The van der Waals surface area contributed by atoms with Gasteiger partial charge >= 0.3 is 0 Å². The number of rotatable bonds is 7. The summed E-state index contributed by atoms with van der Waals surface area (Å²) in [4.78, 5) is 20.0. The molecule has 1 N–H and O–H groups in total. The molecule has 0 unspecified atom stereocenters. The topological polar surface area (TPSA) is 62.6 Å². The second kappa shape index (κ2) is 10.7. The monoisotopic (exact) mass is 587 g/mol. The molecule has 7 nitrogen and oxygen atoms in total. The maximum Gasteiger partial charge on any atom is 0.263 e. The predicted octanol–water partition coefficient (Wildman–Crippen LogP) is 5.47. The van der Waals surface area contributed by atoms with Gasteiger partial charge in [0.2, 0.25) is 0 Å². The Labute approximate surface area is 255 Å². The highest BCUT2D eigenvalue weighted by atomic mass is 32.1. The normalized spacial score (nSPS) is 18.3. The first kappa shape index (κ1) is 26.2. The molecule has 5 heterocycles. The van der Waals surface area contributed by atoms with Crippen molar-refractivity contribution in [3.8, 4) is 16.2 Å². The molecule has 0 bridgehead atoms. The Morgan fingerprint density at radius 3 is 2.07 bits per heavy atom. The van der Waals surface area contributed by atoms with Crippen LogP contribution in [0.5, 0.6) is 5.75 Å². The van der Waals surface area contributed by atoms with E-state index >= 15 is 0 Å². The summed E-state index contributed by atoms with van der Waals surface area (Å²) in [6, 6.07) is 31.9. The summed E-state index contributed by atoms with van der Waals surface area (Å²) in [5.41, 5.74) is 4.51. The first-order valence-electron chi connectivity index (χ1n) is 15.0. The number of nitrogens with zero attached hydrogens (tertiary/aromatic N) is 4. The maximum absolute atomic E-state index is 13.4. The van der Waals surface area contributed by atoms with Gasteiger partial charge in [0.25, 0.3) is 5.91 Å². The number of hydrogen-bond donors (Lipinski definition) is 1. The number of thiophene rings is 1. The van der Waals surface area contributed by atoms with Gasteiger partial charge in [-0.1, -0.05) is 91.0 Å². The van der Waals surface area contributed by atoms with E-state index in [-0.39, 0.29) is 11.9 Å². The maximum atomic E-state index is 13.4. The predicted molar refractivity (Wildman–Crippen MR) is 170 cm³/mol. The van der Waals surface area contributed by atoms with Crippen LogP contribution in [0.2, 0.25) is 0 Å². The summed E-state index contributed by atoms with van der Waals surface area (Å²) in [7, 11) is 0. The molecule has 43 heavy (non-hydrogen) atoms. The zero-order chi connectivity index (χ0) is 28.8. The van der Waals surface area contributed by atoms with E-state index in [1.165, 1.54) is 17.8 Å². The van der Waals surface area contributed by atoms with E-state index in [9.17, 15) is 4.79 Å². The van der Waals surface area contributed by atoms with Gasteiger partial charge in [0.1, 0.15) is 22.7 Å². The Bertz CT molecular complexity index is 1650. The summed E-state index contributed by atoms with van der Waals surface area (Å²) < 4.78 is 8.46. The average molecular weight is 588 g/mol. The molecule has 0 radical (unpaired) electrons. The second-order valence-electron chi connectivity index (χ2n) is 11.5. The van der Waals surface area contributed by atoms with Gasteiger partial charge in [0.15, 0.2) is 5.75 Å². The van der Waals surface area contributed by atoms with Crippen molar-refractivity contribution >= 4 is 22.9 Å². The number of nitrogens with one attached hydrogen (secondary N) is 1. The summed E-state index contributed by atoms with van der Waals surface area (Å²) in [6.45, 7) is 5.25. The third kappa shape index (κ3) is 4.27. The second-order valence-corrected chi connectivity index (χ2v) is 12.5. The molecular formula is C35H33N5O2S. The Kier molecular flexibility index (Phi) is 6.53. The van der Waals surface area contributed by atoms with Crippen LogP contribution >= 0.6 is 11.3 Å². The van der Waals surface area contributed by atoms with Crippen molar-refractivity contribution in [2.75, 3.05) is 44.2 Å². The average Bonchev–Trinajstić information content (AvgIpc) is 3.65. The van der Waals surface area contributed by atoms with Crippen LogP contribution in [-0.2, 0) is 5.54 Å². The van der Waals surface area contributed by atoms with Gasteiger partial charge in [-0.2, -0.15) is 5.10 Å². The highest BCUT2D eigenvalue weighted by Crippen LogP contribution is 2.51. The summed E-state index contributed by atoms with van der Waals surface area (Å²) in [5, 5.41) is 8.28. The molecule has 3 aromatic carbocycles. The van der Waals surface area contributed by atoms with E-state index in [2.05, 4.69) is 98.8 Å². The summed E-state index contributed by atoms with van der Waals surface area (Å²) >= 11 is 1.51. The number of amides is 1. The van der Waals surface area contributed by atoms with Crippen LogP contribution in [0.15, 0.2) is 103 Å². The molecule has 5 aromatic rings. The first-order chi connectivity index (χ1) is 21.2. The van der Waals surface area contributed by atoms with Gasteiger partial charge in [-0.25, -0.2) is 0 Å². The third-order valence-corrected chi connectivity index (χ3v) is 10.2. The van der Waals surface area contributed by atoms with E-state index < -0.39 is 5.54 Å². The number of likely N-dealkylation sites (tertiary alicyclic amines) is 1. The number of ether oxygens (including phenoxy) is 1. The van der Waals surface area contributed by atoms with Crippen LogP contribution in [0.4, 0.5) is 5.69 Å². The molecule has 1 atom stereocenters. The fraction of sp³-hybridized carbons (Fsp3) is 0.257. The Balaban J connectivity index is 1.28. The minimum Gasteiger partial charge on any atom is -0.488 e. The smallest absolute Gasteiger partial charge is 0.263 e. The largest absolute Gasteiger partial charge is 0.488 e.